The first-order valence-electron chi connectivity index (χ1n) is 8.22. The fraction of sp³-hybridized carbons (Fsp3) is 0.562. The van der Waals surface area contributed by atoms with E-state index in [1.807, 2.05) is 11.8 Å². The van der Waals surface area contributed by atoms with Gasteiger partial charge in [-0.05, 0) is 19.1 Å². The van der Waals surface area contributed by atoms with E-state index < -0.39 is 0 Å². The first-order valence-corrected chi connectivity index (χ1v) is 8.22. The predicted octanol–water partition coefficient (Wildman–Crippen LogP) is 0.757. The van der Waals surface area contributed by atoms with Crippen LogP contribution in [0, 0.1) is 0 Å². The zero-order chi connectivity index (χ0) is 17.4. The van der Waals surface area contributed by atoms with E-state index in [1.54, 1.807) is 19.1 Å². The van der Waals surface area contributed by atoms with Gasteiger partial charge < -0.3 is 24.9 Å². The van der Waals surface area contributed by atoms with Crippen LogP contribution >= 0.6 is 24.0 Å². The lowest BCUT2D eigenvalue weighted by atomic mass is 10.3. The number of aliphatic imine (C=N–C) groups is 1. The molecule has 1 aromatic heterocycles. The van der Waals surface area contributed by atoms with Crippen molar-refractivity contribution in [2.45, 2.75) is 13.8 Å². The Labute approximate surface area is 165 Å². The van der Waals surface area contributed by atoms with Crippen molar-refractivity contribution in [2.75, 3.05) is 45.8 Å². The Morgan fingerprint density at radius 2 is 1.88 bits per heavy atom. The van der Waals surface area contributed by atoms with E-state index in [-0.39, 0.29) is 35.8 Å². The van der Waals surface area contributed by atoms with E-state index in [2.05, 4.69) is 20.5 Å². The summed E-state index contributed by atoms with van der Waals surface area (Å²) in [5.74, 6) is 0.978. The number of hydrogen-bond acceptors (Lipinski definition) is 4. The Bertz CT molecular complexity index is 568. The van der Waals surface area contributed by atoms with Crippen molar-refractivity contribution < 1.29 is 14.0 Å². The van der Waals surface area contributed by atoms with Gasteiger partial charge in [-0.2, -0.15) is 0 Å². The fourth-order valence-corrected chi connectivity index (χ4v) is 2.49. The SMILES string of the molecule is CCNC(=NCCNC(=O)c1ccco1)N1CCN(C(C)=O)CC1.I. The van der Waals surface area contributed by atoms with Crippen LogP contribution in [0.15, 0.2) is 27.8 Å². The second-order valence-electron chi connectivity index (χ2n) is 5.46. The van der Waals surface area contributed by atoms with Crippen LogP contribution in [0.3, 0.4) is 0 Å². The zero-order valence-electron chi connectivity index (χ0n) is 14.7. The van der Waals surface area contributed by atoms with Crippen LogP contribution in [0.5, 0.6) is 0 Å². The summed E-state index contributed by atoms with van der Waals surface area (Å²) >= 11 is 0. The van der Waals surface area contributed by atoms with Gasteiger partial charge in [0.05, 0.1) is 12.8 Å². The van der Waals surface area contributed by atoms with Crippen molar-refractivity contribution in [3.63, 3.8) is 0 Å². The van der Waals surface area contributed by atoms with Gasteiger partial charge in [-0.25, -0.2) is 0 Å². The summed E-state index contributed by atoms with van der Waals surface area (Å²) in [4.78, 5) is 31.7. The second kappa shape index (κ2) is 11.0. The molecule has 0 aromatic carbocycles. The van der Waals surface area contributed by atoms with Crippen molar-refractivity contribution in [1.29, 1.82) is 0 Å². The number of halogens is 1. The van der Waals surface area contributed by atoms with Gasteiger partial charge in [-0.15, -0.1) is 24.0 Å². The standard InChI is InChI=1S/C16H25N5O3.HI/c1-3-17-16(21-10-8-20(9-11-21)13(2)22)19-7-6-18-15(23)14-5-4-12-24-14;/h4-5,12H,3,6-11H2,1-2H3,(H,17,19)(H,18,23);1H. The summed E-state index contributed by atoms with van der Waals surface area (Å²) in [6, 6.07) is 3.30. The molecule has 1 saturated heterocycles. The maximum Gasteiger partial charge on any atom is 0.287 e. The fourth-order valence-electron chi connectivity index (χ4n) is 2.49. The molecule has 2 amide bonds. The minimum atomic E-state index is -0.240. The maximum atomic E-state index is 11.8. The van der Waals surface area contributed by atoms with Crippen molar-refractivity contribution >= 4 is 41.8 Å². The summed E-state index contributed by atoms with van der Waals surface area (Å²) in [5, 5.41) is 6.02. The van der Waals surface area contributed by atoms with Crippen LogP contribution in [-0.2, 0) is 4.79 Å². The van der Waals surface area contributed by atoms with Gasteiger partial charge in [0.25, 0.3) is 5.91 Å². The molecule has 25 heavy (non-hydrogen) atoms. The van der Waals surface area contributed by atoms with E-state index in [9.17, 15) is 9.59 Å². The molecule has 140 valence electrons. The molecule has 2 heterocycles. The molecular weight excluding hydrogens is 437 g/mol. The molecule has 0 spiro atoms. The molecule has 0 atom stereocenters. The molecule has 2 N–H and O–H groups in total. The van der Waals surface area contributed by atoms with E-state index in [0.29, 0.717) is 31.9 Å². The molecule has 9 heteroatoms. The lowest BCUT2D eigenvalue weighted by Gasteiger charge is -2.36. The minimum absolute atomic E-state index is 0. The molecule has 0 aliphatic carbocycles. The highest BCUT2D eigenvalue weighted by molar-refractivity contribution is 14.0. The van der Waals surface area contributed by atoms with Gasteiger partial charge in [0.2, 0.25) is 5.91 Å². The lowest BCUT2D eigenvalue weighted by molar-refractivity contribution is -0.130. The van der Waals surface area contributed by atoms with Gasteiger partial charge in [-0.3, -0.25) is 14.6 Å². The van der Waals surface area contributed by atoms with E-state index in [0.717, 1.165) is 25.6 Å². The third-order valence-electron chi connectivity index (χ3n) is 3.76. The summed E-state index contributed by atoms with van der Waals surface area (Å²) in [6.45, 7) is 8.20. The number of nitrogens with zero attached hydrogens (tertiary/aromatic N) is 3. The predicted molar refractivity (Wildman–Crippen MR) is 106 cm³/mol. The summed E-state index contributed by atoms with van der Waals surface area (Å²) in [6.07, 6.45) is 1.47. The Hall–Kier alpha value is -1.78. The Morgan fingerprint density at radius 1 is 1.20 bits per heavy atom. The number of piperazine rings is 1. The highest BCUT2D eigenvalue weighted by Gasteiger charge is 2.20. The van der Waals surface area contributed by atoms with Crippen molar-refractivity contribution in [1.82, 2.24) is 20.4 Å². The van der Waals surface area contributed by atoms with Crippen molar-refractivity contribution in [2.24, 2.45) is 4.99 Å². The van der Waals surface area contributed by atoms with Gasteiger partial charge in [-0.1, -0.05) is 0 Å². The molecule has 1 aliphatic heterocycles. The monoisotopic (exact) mass is 463 g/mol. The third kappa shape index (κ3) is 6.56. The van der Waals surface area contributed by atoms with Crippen molar-refractivity contribution in [3.8, 4) is 0 Å². The number of furan rings is 1. The number of guanidine groups is 1. The van der Waals surface area contributed by atoms with Crippen LogP contribution < -0.4 is 10.6 Å². The normalized spacial score (nSPS) is 14.7. The highest BCUT2D eigenvalue weighted by Crippen LogP contribution is 2.03. The lowest BCUT2D eigenvalue weighted by Crippen LogP contribution is -2.53. The zero-order valence-corrected chi connectivity index (χ0v) is 17.0. The molecule has 2 rings (SSSR count). The minimum Gasteiger partial charge on any atom is -0.459 e. The van der Waals surface area contributed by atoms with Crippen LogP contribution in [-0.4, -0.2) is 73.4 Å². The second-order valence-corrected chi connectivity index (χ2v) is 5.46. The molecule has 1 aliphatic rings. The summed E-state index contributed by atoms with van der Waals surface area (Å²) in [5.41, 5.74) is 0. The Morgan fingerprint density at radius 3 is 2.44 bits per heavy atom. The first kappa shape index (κ1) is 21.3. The van der Waals surface area contributed by atoms with Gasteiger partial charge >= 0.3 is 0 Å². The van der Waals surface area contributed by atoms with E-state index in [1.165, 1.54) is 6.26 Å². The number of carbonyl (C=O) groups excluding carboxylic acids is 2. The Balaban J connectivity index is 0.00000312. The molecule has 0 unspecified atom stereocenters. The first-order chi connectivity index (χ1) is 11.6. The van der Waals surface area contributed by atoms with Crippen LogP contribution in [0.25, 0.3) is 0 Å². The van der Waals surface area contributed by atoms with Crippen molar-refractivity contribution in [3.05, 3.63) is 24.2 Å². The molecule has 0 bridgehead atoms. The average Bonchev–Trinajstić information content (AvgIpc) is 3.12. The number of nitrogens with one attached hydrogen (secondary N) is 2. The molecule has 0 saturated carbocycles. The number of amides is 2. The molecule has 0 radical (unpaired) electrons. The topological polar surface area (TPSA) is 90.2 Å². The van der Waals surface area contributed by atoms with Gasteiger partial charge in [0.15, 0.2) is 11.7 Å². The van der Waals surface area contributed by atoms with Gasteiger partial charge in [0, 0.05) is 46.2 Å². The smallest absolute Gasteiger partial charge is 0.287 e. The third-order valence-corrected chi connectivity index (χ3v) is 3.76. The molecule has 8 nitrogen and oxygen atoms in total. The number of carbonyl (C=O) groups is 2. The summed E-state index contributed by atoms with van der Waals surface area (Å²) in [7, 11) is 0. The van der Waals surface area contributed by atoms with Crippen LogP contribution in [0.1, 0.15) is 24.4 Å². The molecule has 1 aromatic rings. The maximum absolute atomic E-state index is 11.8. The quantitative estimate of drug-likeness (QED) is 0.291. The molecular formula is C16H26IN5O3. The van der Waals surface area contributed by atoms with Crippen LogP contribution in [0.4, 0.5) is 0 Å². The van der Waals surface area contributed by atoms with E-state index >= 15 is 0 Å². The van der Waals surface area contributed by atoms with Gasteiger partial charge in [0.1, 0.15) is 0 Å². The number of rotatable bonds is 5. The largest absolute Gasteiger partial charge is 0.459 e. The number of hydrogen-bond donors (Lipinski definition) is 2. The summed E-state index contributed by atoms with van der Waals surface area (Å²) < 4.78 is 5.04. The highest BCUT2D eigenvalue weighted by atomic mass is 127. The van der Waals surface area contributed by atoms with Crippen LogP contribution in [0.2, 0.25) is 0 Å². The van der Waals surface area contributed by atoms with E-state index in [4.69, 9.17) is 4.42 Å². The Kier molecular flexibility index (Phi) is 9.32. The molecule has 1 fully saturated rings. The average molecular weight is 463 g/mol.